The highest BCUT2D eigenvalue weighted by Gasteiger charge is 2.22. The van der Waals surface area contributed by atoms with Gasteiger partial charge in [-0.2, -0.15) is 0 Å². The van der Waals surface area contributed by atoms with Gasteiger partial charge in [0.2, 0.25) is 0 Å². The van der Waals surface area contributed by atoms with Gasteiger partial charge in [-0.25, -0.2) is 0 Å². The van der Waals surface area contributed by atoms with Gasteiger partial charge in [-0.3, -0.25) is 4.79 Å². The summed E-state index contributed by atoms with van der Waals surface area (Å²) < 4.78 is 6.19. The zero-order chi connectivity index (χ0) is 15.2. The first-order valence-corrected chi connectivity index (χ1v) is 7.99. The SMILES string of the molecule is CCCOc1cccc(CC(C(=O)O)c2ccc(Cl)s2)c1. The molecule has 0 saturated carbocycles. The van der Waals surface area contributed by atoms with E-state index in [1.54, 1.807) is 12.1 Å². The van der Waals surface area contributed by atoms with Gasteiger partial charge in [0.15, 0.2) is 0 Å². The molecule has 0 bridgehead atoms. The Labute approximate surface area is 133 Å². The number of hydrogen-bond acceptors (Lipinski definition) is 3. The van der Waals surface area contributed by atoms with Crippen LogP contribution in [0.1, 0.15) is 29.7 Å². The molecule has 1 aromatic heterocycles. The number of aliphatic carboxylic acids is 1. The smallest absolute Gasteiger partial charge is 0.312 e. The molecule has 0 aliphatic heterocycles. The van der Waals surface area contributed by atoms with Crippen LogP contribution in [0.2, 0.25) is 4.34 Å². The third kappa shape index (κ3) is 4.48. The van der Waals surface area contributed by atoms with Crippen molar-refractivity contribution >= 4 is 28.9 Å². The molecule has 0 saturated heterocycles. The fourth-order valence-electron chi connectivity index (χ4n) is 2.04. The van der Waals surface area contributed by atoms with Crippen LogP contribution in [-0.2, 0) is 11.2 Å². The third-order valence-corrected chi connectivity index (χ3v) is 4.39. The molecule has 5 heteroatoms. The standard InChI is InChI=1S/C16H17ClO3S/c1-2-8-20-12-5-3-4-11(9-12)10-13(16(18)19)14-6-7-15(17)21-14/h3-7,9,13H,2,8,10H2,1H3,(H,18,19). The Balaban J connectivity index is 2.15. The number of thiophene rings is 1. The average Bonchev–Trinajstić information content (AvgIpc) is 2.89. The van der Waals surface area contributed by atoms with Gasteiger partial charge < -0.3 is 9.84 Å². The fraction of sp³-hybridized carbons (Fsp3) is 0.312. The fourth-order valence-corrected chi connectivity index (χ4v) is 3.20. The van der Waals surface area contributed by atoms with Gasteiger partial charge in [0.25, 0.3) is 0 Å². The molecule has 3 nitrogen and oxygen atoms in total. The first-order chi connectivity index (χ1) is 10.1. The summed E-state index contributed by atoms with van der Waals surface area (Å²) in [4.78, 5) is 12.3. The number of rotatable bonds is 7. The van der Waals surface area contributed by atoms with Crippen molar-refractivity contribution in [3.05, 3.63) is 51.2 Å². The molecular weight excluding hydrogens is 308 g/mol. The van der Waals surface area contributed by atoms with Crippen LogP contribution >= 0.6 is 22.9 Å². The van der Waals surface area contributed by atoms with Crippen LogP contribution < -0.4 is 4.74 Å². The van der Waals surface area contributed by atoms with Gasteiger partial charge in [-0.1, -0.05) is 30.7 Å². The summed E-state index contributed by atoms with van der Waals surface area (Å²) in [5, 5.41) is 9.44. The Hall–Kier alpha value is -1.52. The van der Waals surface area contributed by atoms with Gasteiger partial charge in [0.1, 0.15) is 5.75 Å². The van der Waals surface area contributed by atoms with E-state index in [4.69, 9.17) is 16.3 Å². The second kappa shape index (κ2) is 7.48. The molecule has 1 N–H and O–H groups in total. The van der Waals surface area contributed by atoms with Gasteiger partial charge in [0.05, 0.1) is 16.9 Å². The van der Waals surface area contributed by atoms with Gasteiger partial charge >= 0.3 is 5.97 Å². The summed E-state index contributed by atoms with van der Waals surface area (Å²) in [6, 6.07) is 11.1. The molecule has 2 aromatic rings. The molecule has 2 rings (SSSR count). The summed E-state index contributed by atoms with van der Waals surface area (Å²) in [5.74, 6) is -0.639. The Morgan fingerprint density at radius 3 is 2.81 bits per heavy atom. The monoisotopic (exact) mass is 324 g/mol. The lowest BCUT2D eigenvalue weighted by Gasteiger charge is -2.12. The van der Waals surface area contributed by atoms with E-state index in [9.17, 15) is 9.90 Å². The maximum Gasteiger partial charge on any atom is 0.312 e. The van der Waals surface area contributed by atoms with Crippen molar-refractivity contribution in [2.45, 2.75) is 25.7 Å². The van der Waals surface area contributed by atoms with E-state index in [2.05, 4.69) is 0 Å². The second-order valence-electron chi connectivity index (χ2n) is 4.73. The van der Waals surface area contributed by atoms with Crippen molar-refractivity contribution < 1.29 is 14.6 Å². The van der Waals surface area contributed by atoms with Crippen LogP contribution in [0, 0.1) is 0 Å². The first kappa shape index (κ1) is 15.9. The minimum absolute atomic E-state index is 0.426. The summed E-state index contributed by atoms with van der Waals surface area (Å²) in [6.45, 7) is 2.71. The lowest BCUT2D eigenvalue weighted by molar-refractivity contribution is -0.138. The van der Waals surface area contributed by atoms with Crippen molar-refractivity contribution in [3.8, 4) is 5.75 Å². The Morgan fingerprint density at radius 2 is 2.19 bits per heavy atom. The normalized spacial score (nSPS) is 12.1. The molecule has 21 heavy (non-hydrogen) atoms. The van der Waals surface area contributed by atoms with E-state index in [1.165, 1.54) is 11.3 Å². The minimum atomic E-state index is -0.839. The number of carboxylic acids is 1. The van der Waals surface area contributed by atoms with Crippen LogP contribution in [0.5, 0.6) is 5.75 Å². The summed E-state index contributed by atoms with van der Waals surface area (Å²) in [5.41, 5.74) is 0.945. The third-order valence-electron chi connectivity index (χ3n) is 3.05. The quantitative estimate of drug-likeness (QED) is 0.809. The molecular formula is C16H17ClO3S. The molecule has 0 aliphatic rings. The van der Waals surface area contributed by atoms with E-state index < -0.39 is 11.9 Å². The molecule has 112 valence electrons. The van der Waals surface area contributed by atoms with E-state index in [0.29, 0.717) is 17.4 Å². The lowest BCUT2D eigenvalue weighted by Crippen LogP contribution is -2.13. The van der Waals surface area contributed by atoms with Gasteiger partial charge in [0, 0.05) is 4.88 Å². The maximum absolute atomic E-state index is 11.5. The van der Waals surface area contributed by atoms with Crippen LogP contribution in [0.3, 0.4) is 0 Å². The van der Waals surface area contributed by atoms with Gasteiger partial charge in [-0.15, -0.1) is 11.3 Å². The van der Waals surface area contributed by atoms with Crippen molar-refractivity contribution in [2.75, 3.05) is 6.61 Å². The number of halogens is 1. The zero-order valence-corrected chi connectivity index (χ0v) is 13.3. The van der Waals surface area contributed by atoms with E-state index in [-0.39, 0.29) is 0 Å². The summed E-state index contributed by atoms with van der Waals surface area (Å²) in [7, 11) is 0. The van der Waals surface area contributed by atoms with E-state index >= 15 is 0 Å². The van der Waals surface area contributed by atoms with E-state index in [1.807, 2.05) is 31.2 Å². The highest BCUT2D eigenvalue weighted by Crippen LogP contribution is 2.31. The predicted octanol–water partition coefficient (Wildman–Crippen LogP) is 4.60. The molecule has 1 unspecified atom stereocenters. The number of ether oxygens (including phenoxy) is 1. The number of hydrogen-bond donors (Lipinski definition) is 1. The highest BCUT2D eigenvalue weighted by molar-refractivity contribution is 7.16. The average molecular weight is 325 g/mol. The number of carboxylic acid groups (broad SMARTS) is 1. The second-order valence-corrected chi connectivity index (χ2v) is 6.48. The molecule has 0 radical (unpaired) electrons. The number of carbonyl (C=O) groups is 1. The Bertz CT molecular complexity index is 609. The number of benzene rings is 1. The Morgan fingerprint density at radius 1 is 1.38 bits per heavy atom. The van der Waals surface area contributed by atoms with E-state index in [0.717, 1.165) is 22.6 Å². The van der Waals surface area contributed by atoms with Crippen LogP contribution in [0.25, 0.3) is 0 Å². The van der Waals surface area contributed by atoms with Crippen LogP contribution in [0.4, 0.5) is 0 Å². The summed E-state index contributed by atoms with van der Waals surface area (Å²) >= 11 is 7.22. The molecule has 0 aliphatic carbocycles. The molecule has 0 spiro atoms. The minimum Gasteiger partial charge on any atom is -0.494 e. The Kier molecular flexibility index (Phi) is 5.65. The van der Waals surface area contributed by atoms with Gasteiger partial charge in [-0.05, 0) is 42.7 Å². The van der Waals surface area contributed by atoms with Crippen molar-refractivity contribution in [1.29, 1.82) is 0 Å². The first-order valence-electron chi connectivity index (χ1n) is 6.80. The molecule has 1 atom stereocenters. The predicted molar refractivity (Wildman–Crippen MR) is 85.6 cm³/mol. The zero-order valence-electron chi connectivity index (χ0n) is 11.7. The molecule has 0 amide bonds. The van der Waals surface area contributed by atoms with Crippen molar-refractivity contribution in [1.82, 2.24) is 0 Å². The van der Waals surface area contributed by atoms with Crippen molar-refractivity contribution in [3.63, 3.8) is 0 Å². The van der Waals surface area contributed by atoms with Crippen LogP contribution in [-0.4, -0.2) is 17.7 Å². The summed E-state index contributed by atoms with van der Waals surface area (Å²) in [6.07, 6.45) is 1.37. The lowest BCUT2D eigenvalue weighted by atomic mass is 9.98. The maximum atomic E-state index is 11.5. The molecule has 0 fully saturated rings. The van der Waals surface area contributed by atoms with Crippen LogP contribution in [0.15, 0.2) is 36.4 Å². The largest absolute Gasteiger partial charge is 0.494 e. The topological polar surface area (TPSA) is 46.5 Å². The molecule has 1 aromatic carbocycles. The molecule has 1 heterocycles. The van der Waals surface area contributed by atoms with Crippen molar-refractivity contribution in [2.24, 2.45) is 0 Å². The highest BCUT2D eigenvalue weighted by atomic mass is 35.5.